The smallest absolute Gasteiger partial charge is 0.0843 e. The van der Waals surface area contributed by atoms with Crippen LogP contribution in [0.15, 0.2) is 108 Å². The van der Waals surface area contributed by atoms with Crippen molar-refractivity contribution in [3.05, 3.63) is 130 Å². The minimum atomic E-state index is 0.541. The molecule has 4 aromatic rings. The number of halogens is 2. The maximum Gasteiger partial charge on any atom is 0.0843 e. The molecule has 8 heteroatoms. The van der Waals surface area contributed by atoms with Crippen LogP contribution in [-0.2, 0) is 0 Å². The van der Waals surface area contributed by atoms with Crippen LogP contribution in [0.3, 0.4) is 0 Å². The molecule has 0 bridgehead atoms. The van der Waals surface area contributed by atoms with Gasteiger partial charge in [-0.05, 0) is 96.8 Å². The summed E-state index contributed by atoms with van der Waals surface area (Å²) in [7, 11) is 0. The molecule has 2 heterocycles. The van der Waals surface area contributed by atoms with Crippen LogP contribution in [0.1, 0.15) is 36.1 Å². The van der Waals surface area contributed by atoms with E-state index in [9.17, 15) is 0 Å². The lowest BCUT2D eigenvalue weighted by atomic mass is 9.99. The Hall–Kier alpha value is -4.26. The molecule has 0 amide bonds. The van der Waals surface area contributed by atoms with Gasteiger partial charge in [0, 0.05) is 46.0 Å². The first-order valence-corrected chi connectivity index (χ1v) is 12.3. The van der Waals surface area contributed by atoms with Crippen LogP contribution in [0, 0.1) is 0 Å². The normalized spacial score (nSPS) is 12.5. The molecule has 0 unspecified atom stereocenters. The fourth-order valence-electron chi connectivity index (χ4n) is 3.41. The Kier molecular flexibility index (Phi) is 10.8. The third-order valence-corrected chi connectivity index (χ3v) is 5.93. The van der Waals surface area contributed by atoms with Gasteiger partial charge in [-0.3, -0.25) is 9.97 Å². The summed E-state index contributed by atoms with van der Waals surface area (Å²) in [5.74, 6) is 0. The zero-order valence-electron chi connectivity index (χ0n) is 20.8. The van der Waals surface area contributed by atoms with Crippen molar-refractivity contribution in [2.45, 2.75) is 13.8 Å². The van der Waals surface area contributed by atoms with Crippen LogP contribution < -0.4 is 0 Å². The Morgan fingerprint density at radius 2 is 0.895 bits per heavy atom. The van der Waals surface area contributed by atoms with E-state index in [1.54, 1.807) is 38.6 Å². The van der Waals surface area contributed by atoms with Crippen molar-refractivity contribution in [2.24, 2.45) is 10.3 Å². The second-order valence-corrected chi connectivity index (χ2v) is 8.93. The number of oxime groups is 2. The highest BCUT2D eigenvalue weighted by molar-refractivity contribution is 6.31. The molecule has 192 valence electrons. The molecule has 0 spiro atoms. The van der Waals surface area contributed by atoms with E-state index >= 15 is 0 Å². The molecule has 6 nitrogen and oxygen atoms in total. The second-order valence-electron chi connectivity index (χ2n) is 8.06. The average Bonchev–Trinajstić information content (AvgIpc) is 2.96. The number of benzene rings is 2. The zero-order chi connectivity index (χ0) is 27.3. The minimum Gasteiger partial charge on any atom is -0.411 e. The van der Waals surface area contributed by atoms with Crippen LogP contribution in [-0.4, -0.2) is 31.8 Å². The van der Waals surface area contributed by atoms with Crippen molar-refractivity contribution in [3.8, 4) is 0 Å². The fourth-order valence-corrected chi connectivity index (χ4v) is 3.66. The topological polar surface area (TPSA) is 91.0 Å². The van der Waals surface area contributed by atoms with E-state index in [-0.39, 0.29) is 0 Å². The lowest BCUT2D eigenvalue weighted by Gasteiger charge is -2.07. The molecule has 0 aliphatic heterocycles. The van der Waals surface area contributed by atoms with Gasteiger partial charge in [-0.2, -0.15) is 0 Å². The lowest BCUT2D eigenvalue weighted by Crippen LogP contribution is -1.97. The summed E-state index contributed by atoms with van der Waals surface area (Å²) in [5.41, 5.74) is 6.62. The third-order valence-electron chi connectivity index (χ3n) is 5.42. The Labute approximate surface area is 231 Å². The first-order chi connectivity index (χ1) is 18.4. The monoisotopic (exact) mass is 544 g/mol. The molecule has 0 saturated carbocycles. The number of aromatic nitrogens is 2. The summed E-state index contributed by atoms with van der Waals surface area (Å²) < 4.78 is 0. The molecule has 0 atom stereocenters. The highest BCUT2D eigenvalue weighted by atomic mass is 35.5. The maximum absolute atomic E-state index is 9.01. The summed E-state index contributed by atoms with van der Waals surface area (Å²) in [6, 6.07) is 22.4. The summed E-state index contributed by atoms with van der Waals surface area (Å²) in [4.78, 5) is 7.95. The van der Waals surface area contributed by atoms with Crippen molar-refractivity contribution in [2.75, 3.05) is 0 Å². The van der Waals surface area contributed by atoms with Crippen LogP contribution >= 0.6 is 23.2 Å². The van der Waals surface area contributed by atoms with Crippen molar-refractivity contribution in [3.63, 3.8) is 0 Å². The first-order valence-electron chi connectivity index (χ1n) is 11.5. The number of nitrogens with zero attached hydrogens (tertiary/aromatic N) is 4. The molecule has 2 aromatic heterocycles. The van der Waals surface area contributed by atoms with Gasteiger partial charge in [0.1, 0.15) is 0 Å². The molecule has 0 aliphatic rings. The highest BCUT2D eigenvalue weighted by Gasteiger charge is 2.07. The van der Waals surface area contributed by atoms with Crippen LogP contribution in [0.2, 0.25) is 10.0 Å². The van der Waals surface area contributed by atoms with E-state index in [1.165, 1.54) is 0 Å². The summed E-state index contributed by atoms with van der Waals surface area (Å²) >= 11 is 11.8. The Balaban J connectivity index is 0.000000211. The largest absolute Gasteiger partial charge is 0.411 e. The van der Waals surface area contributed by atoms with E-state index in [0.717, 1.165) is 33.4 Å². The average molecular weight is 545 g/mol. The maximum atomic E-state index is 9.01. The van der Waals surface area contributed by atoms with Gasteiger partial charge in [0.15, 0.2) is 0 Å². The van der Waals surface area contributed by atoms with E-state index in [4.69, 9.17) is 33.6 Å². The van der Waals surface area contributed by atoms with Gasteiger partial charge in [0.05, 0.1) is 11.4 Å². The van der Waals surface area contributed by atoms with Gasteiger partial charge in [-0.25, -0.2) is 0 Å². The molecule has 2 aromatic carbocycles. The Morgan fingerprint density at radius 3 is 1.18 bits per heavy atom. The first kappa shape index (κ1) is 28.3. The minimum absolute atomic E-state index is 0.541. The van der Waals surface area contributed by atoms with Gasteiger partial charge in [0.2, 0.25) is 0 Å². The lowest BCUT2D eigenvalue weighted by molar-refractivity contribution is 0.319. The number of rotatable bonds is 6. The van der Waals surface area contributed by atoms with E-state index in [2.05, 4.69) is 20.3 Å². The Morgan fingerprint density at radius 1 is 0.579 bits per heavy atom. The van der Waals surface area contributed by atoms with Gasteiger partial charge >= 0.3 is 0 Å². The van der Waals surface area contributed by atoms with Crippen molar-refractivity contribution < 1.29 is 10.4 Å². The molecule has 0 radical (unpaired) electrons. The quantitative estimate of drug-likeness (QED) is 0.145. The predicted octanol–water partition coefficient (Wildman–Crippen LogP) is 8.25. The number of hydrogen-bond acceptors (Lipinski definition) is 6. The third kappa shape index (κ3) is 8.40. The zero-order valence-corrected chi connectivity index (χ0v) is 22.3. The standard InChI is InChI=1S/2C15H13ClN2O/c2*1-11(18-19)15(10-12-6-8-17-9-7-12)13-2-4-14(16)5-3-13/h2*2-10,19H,1H3/b2*15-10-,18-11+. The van der Waals surface area contributed by atoms with E-state index in [1.807, 2.05) is 84.9 Å². The van der Waals surface area contributed by atoms with Crippen LogP contribution in [0.25, 0.3) is 23.3 Å². The molecule has 2 N–H and O–H groups in total. The van der Waals surface area contributed by atoms with Gasteiger partial charge in [-0.15, -0.1) is 0 Å². The molecule has 38 heavy (non-hydrogen) atoms. The van der Waals surface area contributed by atoms with E-state index in [0.29, 0.717) is 21.5 Å². The molecule has 4 rings (SSSR count). The summed E-state index contributed by atoms with van der Waals surface area (Å²) in [6.07, 6.45) is 10.8. The number of pyridine rings is 2. The van der Waals surface area contributed by atoms with E-state index < -0.39 is 0 Å². The highest BCUT2D eigenvalue weighted by Crippen LogP contribution is 2.23. The van der Waals surface area contributed by atoms with Gasteiger partial charge in [-0.1, -0.05) is 57.8 Å². The van der Waals surface area contributed by atoms with Crippen LogP contribution in [0.4, 0.5) is 0 Å². The molecular formula is C30H26Cl2N4O2. The fraction of sp³-hybridized carbons (Fsp3) is 0.0667. The van der Waals surface area contributed by atoms with Crippen molar-refractivity contribution in [1.82, 2.24) is 9.97 Å². The SMILES string of the molecule is CC(=N\O)/C(=C/c1ccncc1)c1ccc(Cl)cc1.CC(=N\O)/C(=C/c1ccncc1)c1ccc(Cl)cc1. The summed E-state index contributed by atoms with van der Waals surface area (Å²) in [5, 5.41) is 25.9. The molecule has 0 saturated heterocycles. The Bertz CT molecular complexity index is 1320. The molecule has 0 fully saturated rings. The number of allylic oxidation sites excluding steroid dienone is 2. The summed E-state index contributed by atoms with van der Waals surface area (Å²) in [6.45, 7) is 3.50. The van der Waals surface area contributed by atoms with Crippen molar-refractivity contribution in [1.29, 1.82) is 0 Å². The predicted molar refractivity (Wildman–Crippen MR) is 157 cm³/mol. The van der Waals surface area contributed by atoms with Crippen molar-refractivity contribution >= 4 is 57.9 Å². The van der Waals surface area contributed by atoms with Crippen LogP contribution in [0.5, 0.6) is 0 Å². The van der Waals surface area contributed by atoms with Gasteiger partial charge in [0.25, 0.3) is 0 Å². The number of hydrogen-bond donors (Lipinski definition) is 2. The second kappa shape index (κ2) is 14.5. The molecule has 0 aliphatic carbocycles. The molecular weight excluding hydrogens is 519 g/mol. The van der Waals surface area contributed by atoms with Gasteiger partial charge < -0.3 is 10.4 Å².